The van der Waals surface area contributed by atoms with E-state index in [1.165, 1.54) is 173 Å². The van der Waals surface area contributed by atoms with Gasteiger partial charge in [0.1, 0.15) is 0 Å². The lowest BCUT2D eigenvalue weighted by atomic mass is 9.94. The van der Waals surface area contributed by atoms with E-state index < -0.39 is 10.4 Å². The quantitative estimate of drug-likeness (QED) is 0.0600. The van der Waals surface area contributed by atoms with Crippen LogP contribution in [0.2, 0.25) is 0 Å². The van der Waals surface area contributed by atoms with Gasteiger partial charge in [-0.1, -0.05) is 200 Å². The predicted octanol–water partition coefficient (Wildman–Crippen LogP) is 12.6. The minimum absolute atomic E-state index is 0.135. The maximum Gasteiger partial charge on any atom is 0.397 e. The second kappa shape index (κ2) is 31.8. The van der Waals surface area contributed by atoms with Gasteiger partial charge in [0.05, 0.1) is 6.61 Å². The van der Waals surface area contributed by atoms with Gasteiger partial charge in [0.15, 0.2) is 0 Å². The molecule has 0 rings (SSSR count). The molecule has 0 amide bonds. The third-order valence-electron chi connectivity index (χ3n) is 8.63. The van der Waals surface area contributed by atoms with Crippen molar-refractivity contribution in [3.05, 3.63) is 0 Å². The Bertz CT molecular complexity index is 578. The maximum atomic E-state index is 11.1. The van der Waals surface area contributed by atoms with Gasteiger partial charge >= 0.3 is 10.4 Å². The van der Waals surface area contributed by atoms with Gasteiger partial charge in [-0.3, -0.25) is 4.55 Å². The fraction of sp³-hybridized carbons (Fsp3) is 1.00. The van der Waals surface area contributed by atoms with E-state index in [-0.39, 0.29) is 12.5 Å². The van der Waals surface area contributed by atoms with E-state index in [9.17, 15) is 8.42 Å². The highest BCUT2D eigenvalue weighted by Crippen LogP contribution is 2.21. The Morgan fingerprint density at radius 1 is 0.425 bits per heavy atom. The molecule has 0 aliphatic heterocycles. The molecule has 1 unspecified atom stereocenters. The molecule has 242 valence electrons. The average Bonchev–Trinajstić information content (AvgIpc) is 2.93. The van der Waals surface area contributed by atoms with E-state index in [1.807, 2.05) is 0 Å². The lowest BCUT2D eigenvalue weighted by Crippen LogP contribution is -2.14. The minimum Gasteiger partial charge on any atom is -0.264 e. The molecule has 0 aromatic heterocycles. The van der Waals surface area contributed by atoms with Gasteiger partial charge in [-0.15, -0.1) is 0 Å². The fourth-order valence-electron chi connectivity index (χ4n) is 5.93. The van der Waals surface area contributed by atoms with E-state index in [4.69, 9.17) is 8.74 Å². The first-order valence-electron chi connectivity index (χ1n) is 18.1. The molecule has 0 heterocycles. The van der Waals surface area contributed by atoms with Crippen molar-refractivity contribution in [3.8, 4) is 0 Å². The molecule has 0 aliphatic rings. The number of rotatable bonds is 34. The smallest absolute Gasteiger partial charge is 0.264 e. The van der Waals surface area contributed by atoms with Crippen LogP contribution < -0.4 is 0 Å². The Morgan fingerprint density at radius 2 is 0.650 bits per heavy atom. The van der Waals surface area contributed by atoms with E-state index in [1.54, 1.807) is 0 Å². The maximum absolute atomic E-state index is 11.1. The van der Waals surface area contributed by atoms with E-state index in [2.05, 4.69) is 13.8 Å². The first kappa shape index (κ1) is 39.9. The molecule has 40 heavy (non-hydrogen) atoms. The standard InChI is InChI=1S/C35H72O4S/c1-3-5-7-9-11-13-15-17-18-19-20-21-23-25-27-29-31-33-35(34-39-40(36,37)38)32-30-28-26-24-22-16-14-12-10-8-6-4-2/h35H,3-34H2,1-2H3,(H,36,37,38). The molecule has 0 aliphatic carbocycles. The molecule has 5 heteroatoms. The molecular formula is C35H72O4S. The van der Waals surface area contributed by atoms with Crippen molar-refractivity contribution >= 4 is 10.4 Å². The normalized spacial score (nSPS) is 12.8. The Hall–Kier alpha value is -0.130. The van der Waals surface area contributed by atoms with Crippen molar-refractivity contribution in [1.82, 2.24) is 0 Å². The van der Waals surface area contributed by atoms with Crippen LogP contribution in [-0.2, 0) is 14.6 Å². The van der Waals surface area contributed by atoms with Crippen LogP contribution >= 0.6 is 0 Å². The number of hydrogen-bond acceptors (Lipinski definition) is 3. The third-order valence-corrected chi connectivity index (χ3v) is 9.07. The van der Waals surface area contributed by atoms with Crippen LogP contribution in [0.15, 0.2) is 0 Å². The van der Waals surface area contributed by atoms with Crippen LogP contribution in [0, 0.1) is 5.92 Å². The summed E-state index contributed by atoms with van der Waals surface area (Å²) in [5, 5.41) is 0. The fourth-order valence-corrected chi connectivity index (χ4v) is 6.29. The van der Waals surface area contributed by atoms with E-state index in [0.29, 0.717) is 0 Å². The highest BCUT2D eigenvalue weighted by Gasteiger charge is 2.13. The number of hydrogen-bond donors (Lipinski definition) is 1. The molecule has 0 aromatic rings. The van der Waals surface area contributed by atoms with Crippen molar-refractivity contribution in [1.29, 1.82) is 0 Å². The van der Waals surface area contributed by atoms with Gasteiger partial charge in [-0.25, -0.2) is 4.18 Å². The van der Waals surface area contributed by atoms with Crippen molar-refractivity contribution in [2.75, 3.05) is 6.61 Å². The molecule has 1 atom stereocenters. The minimum atomic E-state index is -4.34. The van der Waals surface area contributed by atoms with Crippen LogP contribution in [0.1, 0.15) is 213 Å². The van der Waals surface area contributed by atoms with Crippen LogP contribution in [-0.4, -0.2) is 19.6 Å². The summed E-state index contributed by atoms with van der Waals surface area (Å²) in [6.07, 6.45) is 41.2. The Labute approximate surface area is 252 Å². The van der Waals surface area contributed by atoms with Gasteiger partial charge in [-0.05, 0) is 18.8 Å². The highest BCUT2D eigenvalue weighted by molar-refractivity contribution is 7.80. The van der Waals surface area contributed by atoms with Gasteiger partial charge in [-0.2, -0.15) is 8.42 Å². The Morgan fingerprint density at radius 3 is 0.875 bits per heavy atom. The third kappa shape index (κ3) is 34.1. The summed E-state index contributed by atoms with van der Waals surface area (Å²) in [7, 11) is -4.34. The van der Waals surface area contributed by atoms with E-state index in [0.717, 1.165) is 25.7 Å². The topological polar surface area (TPSA) is 63.6 Å². The van der Waals surface area contributed by atoms with Crippen LogP contribution in [0.25, 0.3) is 0 Å². The molecule has 0 saturated heterocycles. The summed E-state index contributed by atoms with van der Waals surface area (Å²) in [6.45, 7) is 4.69. The average molecular weight is 589 g/mol. The second-order valence-corrected chi connectivity index (χ2v) is 13.8. The molecule has 0 spiro atoms. The van der Waals surface area contributed by atoms with Gasteiger partial charge in [0.2, 0.25) is 0 Å². The van der Waals surface area contributed by atoms with Crippen LogP contribution in [0.3, 0.4) is 0 Å². The van der Waals surface area contributed by atoms with E-state index >= 15 is 0 Å². The molecule has 0 fully saturated rings. The van der Waals surface area contributed by atoms with Crippen molar-refractivity contribution < 1.29 is 17.2 Å². The predicted molar refractivity (Wildman–Crippen MR) is 175 cm³/mol. The summed E-state index contributed by atoms with van der Waals surface area (Å²) >= 11 is 0. The van der Waals surface area contributed by atoms with Crippen molar-refractivity contribution in [3.63, 3.8) is 0 Å². The first-order valence-corrected chi connectivity index (χ1v) is 19.5. The summed E-state index contributed by atoms with van der Waals surface area (Å²) in [6, 6.07) is 0. The monoisotopic (exact) mass is 589 g/mol. The van der Waals surface area contributed by atoms with Gasteiger partial charge in [0.25, 0.3) is 0 Å². The lowest BCUT2D eigenvalue weighted by Gasteiger charge is -2.16. The summed E-state index contributed by atoms with van der Waals surface area (Å²) < 4.78 is 35.9. The Balaban J connectivity index is 3.66. The summed E-state index contributed by atoms with van der Waals surface area (Å²) in [5.74, 6) is 0.237. The molecule has 0 aromatic carbocycles. The lowest BCUT2D eigenvalue weighted by molar-refractivity contribution is 0.204. The summed E-state index contributed by atoms with van der Waals surface area (Å²) in [5.41, 5.74) is 0. The van der Waals surface area contributed by atoms with Gasteiger partial charge in [0, 0.05) is 0 Å². The van der Waals surface area contributed by atoms with Crippen LogP contribution in [0.4, 0.5) is 0 Å². The largest absolute Gasteiger partial charge is 0.397 e. The van der Waals surface area contributed by atoms with Crippen LogP contribution in [0.5, 0.6) is 0 Å². The van der Waals surface area contributed by atoms with Crippen molar-refractivity contribution in [2.45, 2.75) is 213 Å². The molecule has 0 radical (unpaired) electrons. The zero-order valence-corrected chi connectivity index (χ0v) is 28.1. The highest BCUT2D eigenvalue weighted by atomic mass is 32.3. The first-order chi connectivity index (χ1) is 19.5. The Kier molecular flexibility index (Phi) is 31.7. The molecule has 1 N–H and O–H groups in total. The summed E-state index contributed by atoms with van der Waals surface area (Å²) in [4.78, 5) is 0. The molecular weight excluding hydrogens is 516 g/mol. The van der Waals surface area contributed by atoms with Gasteiger partial charge < -0.3 is 0 Å². The van der Waals surface area contributed by atoms with Crippen molar-refractivity contribution in [2.24, 2.45) is 5.92 Å². The zero-order chi connectivity index (χ0) is 29.4. The zero-order valence-electron chi connectivity index (χ0n) is 27.3. The number of unbranched alkanes of at least 4 members (excludes halogenated alkanes) is 27. The molecule has 0 bridgehead atoms. The SMILES string of the molecule is CCCCCCCCCCCCCCCCCCCC(CCCCCCCCCCCCCC)COS(=O)(=O)O. The molecule has 0 saturated carbocycles. The molecule has 4 nitrogen and oxygen atoms in total. The second-order valence-electron chi connectivity index (χ2n) is 12.7.